The number of hydrogen-bond acceptors (Lipinski definition) is 2. The molecule has 0 saturated heterocycles. The van der Waals surface area contributed by atoms with Crippen molar-refractivity contribution in [1.29, 1.82) is 0 Å². The van der Waals surface area contributed by atoms with Crippen LogP contribution in [0.1, 0.15) is 16.7 Å². The summed E-state index contributed by atoms with van der Waals surface area (Å²) in [7, 11) is 0. The van der Waals surface area contributed by atoms with E-state index in [-0.39, 0.29) is 18.1 Å². The predicted octanol–water partition coefficient (Wildman–Crippen LogP) is 3.76. The van der Waals surface area contributed by atoms with Crippen LogP contribution in [0.25, 0.3) is 10.2 Å². The zero-order chi connectivity index (χ0) is 18.0. The number of terminal acetylenes is 1. The number of aromatic nitrogens is 1. The summed E-state index contributed by atoms with van der Waals surface area (Å²) in [5.74, 6) is 2.02. The Kier molecular flexibility index (Phi) is 4.82. The molecule has 25 heavy (non-hydrogen) atoms. The van der Waals surface area contributed by atoms with Crippen LogP contribution in [0.15, 0.2) is 41.4 Å². The van der Waals surface area contributed by atoms with Crippen LogP contribution in [0.5, 0.6) is 0 Å². The van der Waals surface area contributed by atoms with Gasteiger partial charge in [0, 0.05) is 0 Å². The smallest absolute Gasteiger partial charge is 0.252 e. The molecule has 0 aliphatic rings. The van der Waals surface area contributed by atoms with Crippen molar-refractivity contribution in [2.45, 2.75) is 26.8 Å². The maximum absolute atomic E-state index is 13.0. The molecule has 0 atom stereocenters. The van der Waals surface area contributed by atoms with Gasteiger partial charge in [0.25, 0.3) is 5.91 Å². The van der Waals surface area contributed by atoms with Crippen LogP contribution >= 0.6 is 11.3 Å². The maximum Gasteiger partial charge on any atom is 0.252 e. The Morgan fingerprint density at radius 3 is 2.68 bits per heavy atom. The van der Waals surface area contributed by atoms with Crippen molar-refractivity contribution in [2.24, 2.45) is 4.99 Å². The summed E-state index contributed by atoms with van der Waals surface area (Å²) >= 11 is 1.46. The Bertz CT molecular complexity index is 1050. The summed E-state index contributed by atoms with van der Waals surface area (Å²) in [5, 5.41) is 0. The molecule has 3 rings (SSSR count). The Morgan fingerprint density at radius 2 is 2.00 bits per heavy atom. The average molecular weight is 352 g/mol. The van der Waals surface area contributed by atoms with Gasteiger partial charge in [-0.25, -0.2) is 4.39 Å². The molecule has 0 radical (unpaired) electrons. The highest BCUT2D eigenvalue weighted by molar-refractivity contribution is 7.16. The summed E-state index contributed by atoms with van der Waals surface area (Å²) in [6, 6.07) is 10.0. The van der Waals surface area contributed by atoms with Gasteiger partial charge in [0.2, 0.25) is 0 Å². The van der Waals surface area contributed by atoms with Gasteiger partial charge in [-0.05, 0) is 48.7 Å². The molecule has 0 saturated carbocycles. The Balaban J connectivity index is 2.04. The monoisotopic (exact) mass is 352 g/mol. The molecule has 0 spiro atoms. The van der Waals surface area contributed by atoms with Crippen LogP contribution < -0.4 is 4.80 Å². The number of hydrogen-bond donors (Lipinski definition) is 0. The second-order valence-corrected chi connectivity index (χ2v) is 6.89. The van der Waals surface area contributed by atoms with E-state index in [2.05, 4.69) is 23.0 Å². The van der Waals surface area contributed by atoms with E-state index in [1.54, 1.807) is 12.1 Å². The van der Waals surface area contributed by atoms with Gasteiger partial charge in [-0.3, -0.25) is 4.79 Å². The van der Waals surface area contributed by atoms with Gasteiger partial charge in [-0.15, -0.1) is 6.42 Å². The zero-order valence-electron chi connectivity index (χ0n) is 14.0. The number of thiazole rings is 1. The molecule has 0 fully saturated rings. The van der Waals surface area contributed by atoms with E-state index in [9.17, 15) is 9.18 Å². The molecule has 1 heterocycles. The third-order valence-electron chi connectivity index (χ3n) is 3.85. The first-order valence-corrected chi connectivity index (χ1v) is 8.65. The molecule has 1 aromatic heterocycles. The number of fused-ring (bicyclic) bond motifs is 1. The van der Waals surface area contributed by atoms with Crippen molar-refractivity contribution in [1.82, 2.24) is 4.57 Å². The Morgan fingerprint density at radius 1 is 1.28 bits per heavy atom. The molecule has 3 aromatic rings. The lowest BCUT2D eigenvalue weighted by atomic mass is 10.1. The topological polar surface area (TPSA) is 34.4 Å². The van der Waals surface area contributed by atoms with Crippen LogP contribution in [0.4, 0.5) is 4.39 Å². The number of aryl methyl sites for hydroxylation is 2. The summed E-state index contributed by atoms with van der Waals surface area (Å²) in [5.41, 5.74) is 4.00. The molecule has 0 aliphatic heterocycles. The number of carbonyl (C=O) groups excluding carboxylic acids is 1. The normalized spacial score (nSPS) is 11.7. The van der Waals surface area contributed by atoms with Gasteiger partial charge < -0.3 is 4.57 Å². The summed E-state index contributed by atoms with van der Waals surface area (Å²) in [6.45, 7) is 4.42. The van der Waals surface area contributed by atoms with Crippen molar-refractivity contribution in [2.75, 3.05) is 0 Å². The highest BCUT2D eigenvalue weighted by Gasteiger charge is 2.10. The van der Waals surface area contributed by atoms with E-state index < -0.39 is 0 Å². The minimum atomic E-state index is -0.324. The standard InChI is InChI=1S/C20H17FN2OS/c1-4-9-23-17-11-13(2)10-14(3)19(17)25-20(23)22-18(24)12-15-5-7-16(21)8-6-15/h1,5-8,10-11H,9,12H2,2-3H3. The van der Waals surface area contributed by atoms with Crippen molar-refractivity contribution in [3.05, 3.63) is 63.7 Å². The van der Waals surface area contributed by atoms with Crippen molar-refractivity contribution in [3.8, 4) is 12.3 Å². The van der Waals surface area contributed by atoms with E-state index in [0.717, 1.165) is 26.9 Å². The first kappa shape index (κ1) is 17.1. The molecule has 0 unspecified atom stereocenters. The quantitative estimate of drug-likeness (QED) is 0.661. The maximum atomic E-state index is 13.0. The average Bonchev–Trinajstić information content (AvgIpc) is 2.88. The van der Waals surface area contributed by atoms with Gasteiger partial charge in [0.15, 0.2) is 4.80 Å². The van der Waals surface area contributed by atoms with Crippen molar-refractivity contribution >= 4 is 27.5 Å². The summed E-state index contributed by atoms with van der Waals surface area (Å²) in [6.07, 6.45) is 5.62. The molecule has 0 aliphatic carbocycles. The van der Waals surface area contributed by atoms with Crippen LogP contribution in [0, 0.1) is 32.0 Å². The van der Waals surface area contributed by atoms with E-state index in [1.165, 1.54) is 23.5 Å². The van der Waals surface area contributed by atoms with Gasteiger partial charge in [-0.1, -0.05) is 35.5 Å². The molecule has 3 nitrogen and oxygen atoms in total. The van der Waals surface area contributed by atoms with E-state index in [4.69, 9.17) is 6.42 Å². The third-order valence-corrected chi connectivity index (χ3v) is 5.08. The fourth-order valence-corrected chi connectivity index (χ4v) is 3.86. The molecule has 2 aromatic carbocycles. The summed E-state index contributed by atoms with van der Waals surface area (Å²) in [4.78, 5) is 17.2. The Hall–Kier alpha value is -2.71. The Labute approximate surface area is 149 Å². The molecule has 126 valence electrons. The van der Waals surface area contributed by atoms with E-state index in [0.29, 0.717) is 11.3 Å². The number of halogens is 1. The highest BCUT2D eigenvalue weighted by atomic mass is 32.1. The largest absolute Gasteiger partial charge is 0.305 e. The van der Waals surface area contributed by atoms with E-state index >= 15 is 0 Å². The number of amides is 1. The van der Waals surface area contributed by atoms with Crippen molar-refractivity contribution in [3.63, 3.8) is 0 Å². The number of benzene rings is 2. The lowest BCUT2D eigenvalue weighted by Crippen LogP contribution is -2.17. The predicted molar refractivity (Wildman–Crippen MR) is 98.8 cm³/mol. The molecular weight excluding hydrogens is 335 g/mol. The highest BCUT2D eigenvalue weighted by Crippen LogP contribution is 2.23. The second-order valence-electron chi connectivity index (χ2n) is 5.91. The minimum Gasteiger partial charge on any atom is -0.305 e. The second kappa shape index (κ2) is 7.04. The SMILES string of the molecule is C#CCn1c(=NC(=O)Cc2ccc(F)cc2)sc2c(C)cc(C)cc21. The van der Waals surface area contributed by atoms with E-state index in [1.807, 2.05) is 18.4 Å². The molecule has 5 heteroatoms. The van der Waals surface area contributed by atoms with Crippen molar-refractivity contribution < 1.29 is 9.18 Å². The number of rotatable bonds is 3. The van der Waals surface area contributed by atoms with Crippen LogP contribution in [0.3, 0.4) is 0 Å². The first-order chi connectivity index (χ1) is 12.0. The van der Waals surface area contributed by atoms with Gasteiger partial charge in [-0.2, -0.15) is 4.99 Å². The van der Waals surface area contributed by atoms with Crippen LogP contribution in [-0.4, -0.2) is 10.5 Å². The zero-order valence-corrected chi connectivity index (χ0v) is 14.9. The molecule has 0 bridgehead atoms. The lowest BCUT2D eigenvalue weighted by molar-refractivity contribution is -0.117. The fraction of sp³-hybridized carbons (Fsp3) is 0.200. The molecule has 1 amide bonds. The first-order valence-electron chi connectivity index (χ1n) is 7.84. The fourth-order valence-electron chi connectivity index (χ4n) is 2.76. The summed E-state index contributed by atoms with van der Waals surface area (Å²) < 4.78 is 15.9. The van der Waals surface area contributed by atoms with Gasteiger partial charge in [0.05, 0.1) is 23.2 Å². The molecule has 0 N–H and O–H groups in total. The lowest BCUT2D eigenvalue weighted by Gasteiger charge is -2.02. The van der Waals surface area contributed by atoms with Gasteiger partial charge >= 0.3 is 0 Å². The number of carbonyl (C=O) groups is 1. The van der Waals surface area contributed by atoms with Crippen LogP contribution in [-0.2, 0) is 17.8 Å². The third kappa shape index (κ3) is 3.70. The molecular formula is C20H17FN2OS. The van der Waals surface area contributed by atoms with Gasteiger partial charge in [0.1, 0.15) is 5.82 Å². The minimum absolute atomic E-state index is 0.128. The van der Waals surface area contributed by atoms with Crippen LogP contribution in [0.2, 0.25) is 0 Å². The number of nitrogens with zero attached hydrogens (tertiary/aromatic N) is 2.